The summed E-state index contributed by atoms with van der Waals surface area (Å²) in [5.74, 6) is -0.0676. The lowest BCUT2D eigenvalue weighted by Crippen LogP contribution is -2.45. The maximum Gasteiger partial charge on any atom is 0.305 e. The number of hydrogen-bond acceptors (Lipinski definition) is 5. The molecule has 0 saturated heterocycles. The standard InChI is InChI=1S/C63H123NO5/c1-3-5-7-9-11-13-15-17-19-21-23-24-25-26-28-31-35-39-43-47-51-55-61(66)60(59-65)64-62(67)56-52-48-44-40-36-32-30-34-38-42-46-50-54-58-69-63(68)57-53-49-45-41-37-33-29-27-22-20-18-16-14-12-10-8-6-4-2/h32,36,60-61,65-66H,3-31,33-35,37-59H2,1-2H3,(H,64,67)/b36-32-. The van der Waals surface area contributed by atoms with Gasteiger partial charge in [-0.15, -0.1) is 0 Å². The van der Waals surface area contributed by atoms with E-state index >= 15 is 0 Å². The number of unbranched alkanes of at least 4 members (excludes halogenated alkanes) is 46. The van der Waals surface area contributed by atoms with Crippen LogP contribution in [0.25, 0.3) is 0 Å². The molecule has 0 aliphatic rings. The molecule has 410 valence electrons. The SMILES string of the molecule is CCCCCCCCCCCCCCCCCCCCCCCC(O)C(CO)NC(=O)CCCCC/C=C\CCCCCCCCOC(=O)CCCCCCCCCCCCCCCCCCCC. The molecule has 69 heavy (non-hydrogen) atoms. The second-order valence-electron chi connectivity index (χ2n) is 21.7. The lowest BCUT2D eigenvalue weighted by molar-refractivity contribution is -0.143. The number of ether oxygens (including phenoxy) is 1. The van der Waals surface area contributed by atoms with Crippen LogP contribution in [-0.2, 0) is 14.3 Å². The van der Waals surface area contributed by atoms with E-state index in [-0.39, 0.29) is 18.5 Å². The first-order valence-corrected chi connectivity index (χ1v) is 31.4. The van der Waals surface area contributed by atoms with Crippen LogP contribution in [-0.4, -0.2) is 47.4 Å². The highest BCUT2D eigenvalue weighted by atomic mass is 16.5. The van der Waals surface area contributed by atoms with Crippen LogP contribution < -0.4 is 5.32 Å². The van der Waals surface area contributed by atoms with Crippen LogP contribution >= 0.6 is 0 Å². The van der Waals surface area contributed by atoms with Crippen molar-refractivity contribution in [3.05, 3.63) is 12.2 Å². The number of aliphatic hydroxyl groups is 2. The Morgan fingerprint density at radius 3 is 1.04 bits per heavy atom. The number of rotatable bonds is 59. The first-order valence-electron chi connectivity index (χ1n) is 31.4. The van der Waals surface area contributed by atoms with Crippen LogP contribution in [0.5, 0.6) is 0 Å². The molecule has 0 aliphatic heterocycles. The topological polar surface area (TPSA) is 95.9 Å². The number of carbonyl (C=O) groups excluding carboxylic acids is 2. The van der Waals surface area contributed by atoms with Crippen molar-refractivity contribution >= 4 is 11.9 Å². The van der Waals surface area contributed by atoms with Gasteiger partial charge in [0.1, 0.15) is 0 Å². The van der Waals surface area contributed by atoms with Gasteiger partial charge in [0.25, 0.3) is 0 Å². The van der Waals surface area contributed by atoms with E-state index in [1.165, 1.54) is 250 Å². The van der Waals surface area contributed by atoms with Gasteiger partial charge in [-0.3, -0.25) is 9.59 Å². The molecule has 3 N–H and O–H groups in total. The van der Waals surface area contributed by atoms with Crippen molar-refractivity contribution in [3.8, 4) is 0 Å². The molecular weight excluding hydrogens is 851 g/mol. The summed E-state index contributed by atoms with van der Waals surface area (Å²) in [6, 6.07) is -0.562. The Bertz CT molecular complexity index is 1030. The number of aliphatic hydroxyl groups excluding tert-OH is 2. The predicted octanol–water partition coefficient (Wildman–Crippen LogP) is 19.6. The zero-order valence-electron chi connectivity index (χ0n) is 46.8. The van der Waals surface area contributed by atoms with E-state index in [0.717, 1.165) is 70.6 Å². The predicted molar refractivity (Wildman–Crippen MR) is 301 cm³/mol. The van der Waals surface area contributed by atoms with Crippen molar-refractivity contribution < 1.29 is 24.5 Å². The number of carbonyl (C=O) groups is 2. The molecule has 6 nitrogen and oxygen atoms in total. The van der Waals surface area contributed by atoms with E-state index in [9.17, 15) is 19.8 Å². The molecule has 0 bridgehead atoms. The van der Waals surface area contributed by atoms with Crippen LogP contribution in [0.1, 0.15) is 354 Å². The fraction of sp³-hybridized carbons (Fsp3) is 0.937. The average molecular weight is 975 g/mol. The zero-order chi connectivity index (χ0) is 50.0. The fourth-order valence-corrected chi connectivity index (χ4v) is 9.99. The minimum Gasteiger partial charge on any atom is -0.466 e. The van der Waals surface area contributed by atoms with Crippen molar-refractivity contribution in [2.75, 3.05) is 13.2 Å². The summed E-state index contributed by atoms with van der Waals surface area (Å²) < 4.78 is 5.48. The summed E-state index contributed by atoms with van der Waals surface area (Å²) in [5, 5.41) is 23.3. The minimum atomic E-state index is -0.682. The first-order chi connectivity index (χ1) is 34.0. The zero-order valence-corrected chi connectivity index (χ0v) is 46.8. The van der Waals surface area contributed by atoms with Crippen molar-refractivity contribution in [3.63, 3.8) is 0 Å². The smallest absolute Gasteiger partial charge is 0.305 e. The van der Waals surface area contributed by atoms with E-state index in [1.54, 1.807) is 0 Å². The molecule has 1 amide bonds. The molecule has 6 heteroatoms. The van der Waals surface area contributed by atoms with Crippen LogP contribution in [0.15, 0.2) is 12.2 Å². The summed E-state index contributed by atoms with van der Waals surface area (Å²) in [7, 11) is 0. The molecule has 2 unspecified atom stereocenters. The maximum atomic E-state index is 12.5. The molecule has 0 saturated carbocycles. The molecule has 0 aromatic heterocycles. The van der Waals surface area contributed by atoms with Crippen LogP contribution in [0.4, 0.5) is 0 Å². The molecule has 0 rings (SSSR count). The maximum absolute atomic E-state index is 12.5. The largest absolute Gasteiger partial charge is 0.466 e. The number of allylic oxidation sites excluding steroid dienone is 2. The van der Waals surface area contributed by atoms with Gasteiger partial charge in [0.05, 0.1) is 25.4 Å². The molecule has 0 heterocycles. The van der Waals surface area contributed by atoms with Gasteiger partial charge in [-0.1, -0.05) is 302 Å². The van der Waals surface area contributed by atoms with Gasteiger partial charge in [-0.2, -0.15) is 0 Å². The molecule has 0 fully saturated rings. The van der Waals surface area contributed by atoms with E-state index in [0.29, 0.717) is 25.9 Å². The summed E-state index contributed by atoms with van der Waals surface area (Å²) in [6.45, 7) is 4.95. The molecule has 2 atom stereocenters. The van der Waals surface area contributed by atoms with Gasteiger partial charge < -0.3 is 20.3 Å². The van der Waals surface area contributed by atoms with Gasteiger partial charge in [-0.05, 0) is 51.4 Å². The van der Waals surface area contributed by atoms with Gasteiger partial charge >= 0.3 is 5.97 Å². The second-order valence-corrected chi connectivity index (χ2v) is 21.7. The lowest BCUT2D eigenvalue weighted by atomic mass is 10.0. The number of esters is 1. The Morgan fingerprint density at radius 2 is 0.681 bits per heavy atom. The monoisotopic (exact) mass is 974 g/mol. The highest BCUT2D eigenvalue weighted by Gasteiger charge is 2.20. The number of hydrogen-bond donors (Lipinski definition) is 3. The lowest BCUT2D eigenvalue weighted by Gasteiger charge is -2.22. The third-order valence-electron chi connectivity index (χ3n) is 14.8. The van der Waals surface area contributed by atoms with Gasteiger partial charge in [0, 0.05) is 12.8 Å². The first kappa shape index (κ1) is 67.6. The third-order valence-corrected chi connectivity index (χ3v) is 14.8. The van der Waals surface area contributed by atoms with Crippen molar-refractivity contribution in [1.82, 2.24) is 5.32 Å². The number of amides is 1. The Labute approximate surface area is 431 Å². The Balaban J connectivity index is 3.45. The van der Waals surface area contributed by atoms with E-state index in [2.05, 4.69) is 31.3 Å². The molecule has 0 radical (unpaired) electrons. The molecule has 0 aromatic rings. The highest BCUT2D eigenvalue weighted by molar-refractivity contribution is 5.76. The van der Waals surface area contributed by atoms with Gasteiger partial charge in [0.2, 0.25) is 5.91 Å². The summed E-state index contributed by atoms with van der Waals surface area (Å²) >= 11 is 0. The third kappa shape index (κ3) is 55.8. The van der Waals surface area contributed by atoms with Crippen molar-refractivity contribution in [2.45, 2.75) is 366 Å². The van der Waals surface area contributed by atoms with Crippen LogP contribution in [0.2, 0.25) is 0 Å². The van der Waals surface area contributed by atoms with Crippen LogP contribution in [0.3, 0.4) is 0 Å². The second kappa shape index (κ2) is 59.2. The fourth-order valence-electron chi connectivity index (χ4n) is 9.99. The van der Waals surface area contributed by atoms with E-state index in [1.807, 2.05) is 0 Å². The minimum absolute atomic E-state index is 0.00697. The quantitative estimate of drug-likeness (QED) is 0.0321. The normalized spacial score (nSPS) is 12.6. The van der Waals surface area contributed by atoms with E-state index in [4.69, 9.17) is 4.74 Å². The summed E-state index contributed by atoms with van der Waals surface area (Å²) in [4.78, 5) is 24.6. The number of nitrogens with one attached hydrogen (secondary N) is 1. The van der Waals surface area contributed by atoms with Crippen LogP contribution in [0, 0.1) is 0 Å². The molecule has 0 spiro atoms. The Morgan fingerprint density at radius 1 is 0.391 bits per heavy atom. The molecular formula is C63H123NO5. The summed E-state index contributed by atoms with van der Waals surface area (Å²) in [6.07, 6.45) is 70.8. The Hall–Kier alpha value is -1.40. The summed E-state index contributed by atoms with van der Waals surface area (Å²) in [5.41, 5.74) is 0. The van der Waals surface area contributed by atoms with Crippen molar-refractivity contribution in [2.24, 2.45) is 0 Å². The average Bonchev–Trinajstić information content (AvgIpc) is 3.35. The van der Waals surface area contributed by atoms with Crippen molar-refractivity contribution in [1.29, 1.82) is 0 Å². The van der Waals surface area contributed by atoms with Gasteiger partial charge in [-0.25, -0.2) is 0 Å². The van der Waals surface area contributed by atoms with E-state index < -0.39 is 12.1 Å². The highest BCUT2D eigenvalue weighted by Crippen LogP contribution is 2.18. The molecule has 0 aliphatic carbocycles. The Kier molecular flexibility index (Phi) is 58.0. The van der Waals surface area contributed by atoms with Gasteiger partial charge in [0.15, 0.2) is 0 Å². The molecule has 0 aromatic carbocycles.